The molecule has 19 heavy (non-hydrogen) atoms. The fraction of sp³-hybridized carbons (Fsp3) is 0.571. The highest BCUT2D eigenvalue weighted by molar-refractivity contribution is 6.33. The Balaban J connectivity index is 1.69. The summed E-state index contributed by atoms with van der Waals surface area (Å²) in [6, 6.07) is 4.73. The lowest BCUT2D eigenvalue weighted by Gasteiger charge is -2.37. The summed E-state index contributed by atoms with van der Waals surface area (Å²) in [7, 11) is 0. The van der Waals surface area contributed by atoms with E-state index in [0.29, 0.717) is 17.7 Å². The van der Waals surface area contributed by atoms with Gasteiger partial charge in [-0.15, -0.1) is 0 Å². The number of ether oxygens (including phenoxy) is 2. The molecule has 0 aliphatic carbocycles. The molecule has 2 aliphatic heterocycles. The maximum Gasteiger partial charge on any atom is 0.124 e. The first-order valence-corrected chi connectivity index (χ1v) is 6.98. The van der Waals surface area contributed by atoms with Crippen LogP contribution in [0.2, 0.25) is 5.02 Å². The van der Waals surface area contributed by atoms with E-state index in [-0.39, 0.29) is 11.4 Å². The van der Waals surface area contributed by atoms with Crippen LogP contribution in [0.1, 0.15) is 19.3 Å². The number of rotatable bonds is 2. The van der Waals surface area contributed by atoms with Crippen molar-refractivity contribution in [3.63, 3.8) is 0 Å². The molecule has 1 N–H and O–H groups in total. The second-order valence-electron chi connectivity index (χ2n) is 5.29. The first kappa shape index (κ1) is 13.2. The zero-order valence-electron chi connectivity index (χ0n) is 10.6. The third kappa shape index (κ3) is 2.86. The molecule has 0 bridgehead atoms. The summed E-state index contributed by atoms with van der Waals surface area (Å²) in [4.78, 5) is 0. The Bertz CT molecular complexity index is 463. The van der Waals surface area contributed by atoms with Crippen molar-refractivity contribution < 1.29 is 13.9 Å². The van der Waals surface area contributed by atoms with Crippen LogP contribution in [0.15, 0.2) is 18.2 Å². The average molecular weight is 286 g/mol. The van der Waals surface area contributed by atoms with Gasteiger partial charge in [-0.3, -0.25) is 0 Å². The summed E-state index contributed by atoms with van der Waals surface area (Å²) in [5, 5.41) is 3.81. The van der Waals surface area contributed by atoms with Gasteiger partial charge in [-0.2, -0.15) is 0 Å². The minimum absolute atomic E-state index is 0.136. The third-order valence-electron chi connectivity index (χ3n) is 3.85. The lowest BCUT2D eigenvalue weighted by atomic mass is 9.89. The molecular weight excluding hydrogens is 269 g/mol. The third-order valence-corrected chi connectivity index (χ3v) is 4.16. The van der Waals surface area contributed by atoms with Crippen LogP contribution in [-0.2, 0) is 9.47 Å². The fourth-order valence-electron chi connectivity index (χ4n) is 2.84. The van der Waals surface area contributed by atoms with E-state index in [1.54, 1.807) is 6.07 Å². The molecule has 0 amide bonds. The van der Waals surface area contributed by atoms with Crippen molar-refractivity contribution in [3.05, 3.63) is 29.0 Å². The van der Waals surface area contributed by atoms with Crippen molar-refractivity contribution in [2.24, 2.45) is 0 Å². The molecule has 0 radical (unpaired) electrons. The maximum absolute atomic E-state index is 13.0. The van der Waals surface area contributed by atoms with Gasteiger partial charge in [-0.1, -0.05) is 11.6 Å². The van der Waals surface area contributed by atoms with Gasteiger partial charge < -0.3 is 14.8 Å². The molecule has 0 saturated carbocycles. The molecule has 1 aromatic carbocycles. The van der Waals surface area contributed by atoms with Crippen molar-refractivity contribution in [2.75, 3.05) is 25.1 Å². The van der Waals surface area contributed by atoms with Crippen LogP contribution in [0.3, 0.4) is 0 Å². The van der Waals surface area contributed by atoms with E-state index in [4.69, 9.17) is 21.1 Å². The molecule has 2 saturated heterocycles. The first-order valence-electron chi connectivity index (χ1n) is 6.60. The average Bonchev–Trinajstić information content (AvgIpc) is 2.81. The number of halogens is 2. The second kappa shape index (κ2) is 5.27. The molecule has 0 aromatic heterocycles. The molecule has 1 aromatic rings. The van der Waals surface area contributed by atoms with E-state index in [9.17, 15) is 4.39 Å². The Labute approximate surface area is 117 Å². The molecule has 2 aliphatic rings. The SMILES string of the molecule is Fc1ccc(NC2CCOC3(CCOC3)C2)c(Cl)c1. The quantitative estimate of drug-likeness (QED) is 0.905. The number of anilines is 1. The van der Waals surface area contributed by atoms with Crippen LogP contribution in [0, 0.1) is 5.82 Å². The van der Waals surface area contributed by atoms with Crippen LogP contribution in [0.25, 0.3) is 0 Å². The van der Waals surface area contributed by atoms with Gasteiger partial charge in [0.2, 0.25) is 0 Å². The molecular formula is C14H17ClFNO2. The molecule has 5 heteroatoms. The Morgan fingerprint density at radius 2 is 2.26 bits per heavy atom. The topological polar surface area (TPSA) is 30.5 Å². The Kier molecular flexibility index (Phi) is 3.65. The summed E-state index contributed by atoms with van der Waals surface area (Å²) in [6.45, 7) is 2.16. The van der Waals surface area contributed by atoms with Crippen LogP contribution in [0.4, 0.5) is 10.1 Å². The Morgan fingerprint density at radius 3 is 3.00 bits per heavy atom. The van der Waals surface area contributed by atoms with Crippen molar-refractivity contribution in [2.45, 2.75) is 30.9 Å². The van der Waals surface area contributed by atoms with Gasteiger partial charge in [-0.05, 0) is 31.0 Å². The van der Waals surface area contributed by atoms with E-state index in [2.05, 4.69) is 5.32 Å². The molecule has 2 atom stereocenters. The number of hydrogen-bond acceptors (Lipinski definition) is 3. The van der Waals surface area contributed by atoms with Gasteiger partial charge in [0, 0.05) is 25.7 Å². The normalized spacial score (nSPS) is 30.7. The molecule has 2 fully saturated rings. The maximum atomic E-state index is 13.0. The van der Waals surface area contributed by atoms with Crippen LogP contribution in [-0.4, -0.2) is 31.5 Å². The monoisotopic (exact) mass is 285 g/mol. The smallest absolute Gasteiger partial charge is 0.124 e. The molecule has 3 rings (SSSR count). The summed E-state index contributed by atoms with van der Waals surface area (Å²) in [5.74, 6) is -0.316. The number of hydrogen-bond donors (Lipinski definition) is 1. The lowest BCUT2D eigenvalue weighted by Crippen LogP contribution is -2.44. The predicted octanol–water partition coefficient (Wildman–Crippen LogP) is 3.23. The number of nitrogens with one attached hydrogen (secondary N) is 1. The standard InChI is InChI=1S/C14H17ClFNO2/c15-12-7-10(16)1-2-13(12)17-11-3-5-19-14(8-11)4-6-18-9-14/h1-2,7,11,17H,3-6,8-9H2. The Morgan fingerprint density at radius 1 is 1.37 bits per heavy atom. The summed E-state index contributed by atoms with van der Waals surface area (Å²) < 4.78 is 24.4. The van der Waals surface area contributed by atoms with Crippen molar-refractivity contribution >= 4 is 17.3 Å². The number of benzene rings is 1. The van der Waals surface area contributed by atoms with Gasteiger partial charge in [-0.25, -0.2) is 4.39 Å². The highest BCUT2D eigenvalue weighted by Crippen LogP contribution is 2.35. The highest BCUT2D eigenvalue weighted by Gasteiger charge is 2.41. The predicted molar refractivity (Wildman–Crippen MR) is 72.2 cm³/mol. The van der Waals surface area contributed by atoms with Gasteiger partial charge in [0.15, 0.2) is 0 Å². The second-order valence-corrected chi connectivity index (χ2v) is 5.70. The minimum atomic E-state index is -0.316. The summed E-state index contributed by atoms with van der Waals surface area (Å²) in [6.07, 6.45) is 2.78. The molecule has 104 valence electrons. The van der Waals surface area contributed by atoms with Crippen LogP contribution in [0.5, 0.6) is 0 Å². The van der Waals surface area contributed by atoms with Crippen LogP contribution < -0.4 is 5.32 Å². The van der Waals surface area contributed by atoms with Gasteiger partial charge in [0.25, 0.3) is 0 Å². The molecule has 2 unspecified atom stereocenters. The van der Waals surface area contributed by atoms with Crippen LogP contribution >= 0.6 is 11.6 Å². The van der Waals surface area contributed by atoms with E-state index in [0.717, 1.165) is 38.2 Å². The zero-order valence-corrected chi connectivity index (χ0v) is 11.4. The minimum Gasteiger partial charge on any atom is -0.381 e. The summed E-state index contributed by atoms with van der Waals surface area (Å²) in [5.41, 5.74) is 0.645. The van der Waals surface area contributed by atoms with Crippen molar-refractivity contribution in [3.8, 4) is 0 Å². The van der Waals surface area contributed by atoms with Crippen molar-refractivity contribution in [1.82, 2.24) is 0 Å². The fourth-order valence-corrected chi connectivity index (χ4v) is 3.06. The summed E-state index contributed by atoms with van der Waals surface area (Å²) >= 11 is 6.04. The lowest BCUT2D eigenvalue weighted by molar-refractivity contribution is -0.0828. The molecule has 2 heterocycles. The van der Waals surface area contributed by atoms with E-state index in [1.807, 2.05) is 0 Å². The van der Waals surface area contributed by atoms with E-state index >= 15 is 0 Å². The van der Waals surface area contributed by atoms with Crippen molar-refractivity contribution in [1.29, 1.82) is 0 Å². The van der Waals surface area contributed by atoms with E-state index < -0.39 is 0 Å². The van der Waals surface area contributed by atoms with Gasteiger partial charge in [0.05, 0.1) is 22.9 Å². The zero-order chi connectivity index (χ0) is 13.3. The van der Waals surface area contributed by atoms with E-state index in [1.165, 1.54) is 12.1 Å². The highest BCUT2D eigenvalue weighted by atomic mass is 35.5. The van der Waals surface area contributed by atoms with Gasteiger partial charge in [0.1, 0.15) is 5.82 Å². The van der Waals surface area contributed by atoms with Gasteiger partial charge >= 0.3 is 0 Å². The molecule has 3 nitrogen and oxygen atoms in total. The largest absolute Gasteiger partial charge is 0.381 e. The molecule has 1 spiro atoms. The Hall–Kier alpha value is -0.840. The first-order chi connectivity index (χ1) is 9.17.